The normalized spacial score (nSPS) is 9.80. The summed E-state index contributed by atoms with van der Waals surface area (Å²) in [5, 5.41) is 10.6. The molecular formula is C8H5BrFNO4. The zero-order valence-corrected chi connectivity index (χ0v) is 9.08. The molecular weight excluding hydrogens is 273 g/mol. The minimum absolute atomic E-state index is 0.0129. The fourth-order valence-corrected chi connectivity index (χ4v) is 1.59. The number of ether oxygens (including phenoxy) is 1. The molecule has 0 amide bonds. The minimum atomic E-state index is -0.895. The second-order valence-corrected chi connectivity index (χ2v) is 3.38. The summed E-state index contributed by atoms with van der Waals surface area (Å²) >= 11 is 2.86. The van der Waals surface area contributed by atoms with Gasteiger partial charge in [-0.1, -0.05) is 0 Å². The van der Waals surface area contributed by atoms with E-state index in [1.54, 1.807) is 0 Å². The Morgan fingerprint density at radius 3 is 2.67 bits per heavy atom. The summed E-state index contributed by atoms with van der Waals surface area (Å²) in [5.74, 6) is -1.70. The van der Waals surface area contributed by atoms with Crippen LogP contribution in [-0.4, -0.2) is 18.0 Å². The minimum Gasteiger partial charge on any atom is -0.465 e. The van der Waals surface area contributed by atoms with Gasteiger partial charge in [0.05, 0.1) is 18.1 Å². The lowest BCUT2D eigenvalue weighted by Gasteiger charge is -2.03. The maximum atomic E-state index is 12.8. The summed E-state index contributed by atoms with van der Waals surface area (Å²) in [6.07, 6.45) is 0. The van der Waals surface area contributed by atoms with Crippen LogP contribution in [0.15, 0.2) is 16.6 Å². The van der Waals surface area contributed by atoms with E-state index in [1.807, 2.05) is 0 Å². The molecule has 0 heterocycles. The molecule has 0 aliphatic heterocycles. The molecule has 1 rings (SSSR count). The Labute approximate surface area is 92.1 Å². The van der Waals surface area contributed by atoms with Gasteiger partial charge in [0.25, 0.3) is 5.69 Å². The van der Waals surface area contributed by atoms with E-state index in [4.69, 9.17) is 0 Å². The van der Waals surface area contributed by atoms with Crippen molar-refractivity contribution in [1.82, 2.24) is 0 Å². The first-order chi connectivity index (χ1) is 6.97. The lowest BCUT2D eigenvalue weighted by molar-refractivity contribution is -0.385. The molecule has 0 saturated heterocycles. The number of hydrogen-bond acceptors (Lipinski definition) is 4. The fourth-order valence-electron chi connectivity index (χ4n) is 1.01. The molecule has 80 valence electrons. The molecule has 0 saturated carbocycles. The van der Waals surface area contributed by atoms with Gasteiger partial charge in [-0.2, -0.15) is 0 Å². The number of esters is 1. The number of nitro groups is 1. The van der Waals surface area contributed by atoms with Crippen molar-refractivity contribution in [2.75, 3.05) is 7.11 Å². The predicted molar refractivity (Wildman–Crippen MR) is 52.1 cm³/mol. The van der Waals surface area contributed by atoms with Crippen LogP contribution in [0.25, 0.3) is 0 Å². The van der Waals surface area contributed by atoms with Gasteiger partial charge in [0.15, 0.2) is 5.56 Å². The largest absolute Gasteiger partial charge is 0.465 e. The molecule has 0 atom stereocenters. The molecule has 0 unspecified atom stereocenters. The quantitative estimate of drug-likeness (QED) is 0.472. The first-order valence-corrected chi connectivity index (χ1v) is 4.48. The van der Waals surface area contributed by atoms with Crippen molar-refractivity contribution in [2.24, 2.45) is 0 Å². The van der Waals surface area contributed by atoms with E-state index >= 15 is 0 Å². The van der Waals surface area contributed by atoms with Gasteiger partial charge in [0.2, 0.25) is 0 Å². The Bertz CT molecular complexity index is 435. The molecule has 0 spiro atoms. The molecule has 0 N–H and O–H groups in total. The number of methoxy groups -OCH3 is 1. The van der Waals surface area contributed by atoms with Crippen molar-refractivity contribution in [3.8, 4) is 0 Å². The Balaban J connectivity index is 3.46. The highest BCUT2D eigenvalue weighted by molar-refractivity contribution is 9.10. The number of nitrogens with zero attached hydrogens (tertiary/aromatic N) is 1. The average molecular weight is 278 g/mol. The number of nitro benzene ring substituents is 1. The van der Waals surface area contributed by atoms with Crippen LogP contribution in [0.3, 0.4) is 0 Å². The zero-order chi connectivity index (χ0) is 11.6. The SMILES string of the molecule is COC(=O)c1c(Br)cc(F)cc1[N+](=O)[O-]. The number of carbonyl (C=O) groups excluding carboxylic acids is 1. The number of halogens is 2. The average Bonchev–Trinajstić information content (AvgIpc) is 2.15. The predicted octanol–water partition coefficient (Wildman–Crippen LogP) is 2.28. The van der Waals surface area contributed by atoms with E-state index < -0.39 is 22.4 Å². The third kappa shape index (κ3) is 2.30. The Hall–Kier alpha value is -1.50. The number of carbonyl (C=O) groups is 1. The maximum Gasteiger partial charge on any atom is 0.346 e. The summed E-state index contributed by atoms with van der Waals surface area (Å²) in [6.45, 7) is 0. The lowest BCUT2D eigenvalue weighted by atomic mass is 10.2. The highest BCUT2D eigenvalue weighted by Crippen LogP contribution is 2.28. The fraction of sp³-hybridized carbons (Fsp3) is 0.125. The van der Waals surface area contributed by atoms with Gasteiger partial charge in [-0.15, -0.1) is 0 Å². The molecule has 7 heteroatoms. The van der Waals surface area contributed by atoms with Gasteiger partial charge in [0, 0.05) is 4.47 Å². The van der Waals surface area contributed by atoms with Crippen LogP contribution in [-0.2, 0) is 4.74 Å². The van der Waals surface area contributed by atoms with E-state index in [9.17, 15) is 19.3 Å². The highest BCUT2D eigenvalue weighted by atomic mass is 79.9. The lowest BCUT2D eigenvalue weighted by Crippen LogP contribution is -2.07. The van der Waals surface area contributed by atoms with Gasteiger partial charge in [-0.05, 0) is 22.0 Å². The van der Waals surface area contributed by atoms with Gasteiger partial charge >= 0.3 is 5.97 Å². The first kappa shape index (κ1) is 11.6. The molecule has 0 bridgehead atoms. The van der Waals surface area contributed by atoms with E-state index in [0.717, 1.165) is 13.2 Å². The standard InChI is InChI=1S/C8H5BrFNO4/c1-15-8(12)7-5(9)2-4(10)3-6(7)11(13)14/h2-3H,1H3. The summed E-state index contributed by atoms with van der Waals surface area (Å²) < 4.78 is 17.2. The van der Waals surface area contributed by atoms with Gasteiger partial charge in [0.1, 0.15) is 5.82 Å². The first-order valence-electron chi connectivity index (χ1n) is 3.69. The Morgan fingerprint density at radius 2 is 2.20 bits per heavy atom. The molecule has 0 aromatic heterocycles. The second-order valence-electron chi connectivity index (χ2n) is 2.53. The smallest absolute Gasteiger partial charge is 0.346 e. The van der Waals surface area contributed by atoms with E-state index in [0.29, 0.717) is 6.07 Å². The topological polar surface area (TPSA) is 69.4 Å². The van der Waals surface area contributed by atoms with Crippen molar-refractivity contribution in [3.05, 3.63) is 38.1 Å². The zero-order valence-electron chi connectivity index (χ0n) is 7.49. The molecule has 0 aliphatic carbocycles. The molecule has 5 nitrogen and oxygen atoms in total. The highest BCUT2D eigenvalue weighted by Gasteiger charge is 2.25. The maximum absolute atomic E-state index is 12.8. The summed E-state index contributed by atoms with van der Waals surface area (Å²) in [4.78, 5) is 20.9. The van der Waals surface area contributed by atoms with Gasteiger partial charge in [-0.25, -0.2) is 9.18 Å². The molecule has 15 heavy (non-hydrogen) atoms. The van der Waals surface area contributed by atoms with E-state index in [2.05, 4.69) is 20.7 Å². The Kier molecular flexibility index (Phi) is 3.35. The molecule has 0 fully saturated rings. The van der Waals surface area contributed by atoms with Crippen LogP contribution in [0.1, 0.15) is 10.4 Å². The number of benzene rings is 1. The van der Waals surface area contributed by atoms with Crippen LogP contribution in [0, 0.1) is 15.9 Å². The Morgan fingerprint density at radius 1 is 1.60 bits per heavy atom. The van der Waals surface area contributed by atoms with Crippen molar-refractivity contribution in [3.63, 3.8) is 0 Å². The van der Waals surface area contributed by atoms with E-state index in [-0.39, 0.29) is 10.0 Å². The summed E-state index contributed by atoms with van der Waals surface area (Å²) in [7, 11) is 1.09. The second kappa shape index (κ2) is 4.35. The van der Waals surface area contributed by atoms with Crippen LogP contribution in [0.4, 0.5) is 10.1 Å². The number of hydrogen-bond donors (Lipinski definition) is 0. The third-order valence-electron chi connectivity index (χ3n) is 1.62. The van der Waals surface area contributed by atoms with E-state index in [1.165, 1.54) is 0 Å². The number of rotatable bonds is 2. The molecule has 1 aromatic carbocycles. The van der Waals surface area contributed by atoms with Crippen molar-refractivity contribution < 1.29 is 18.8 Å². The summed E-state index contributed by atoms with van der Waals surface area (Å²) in [5.41, 5.74) is -0.933. The molecule has 0 aliphatic rings. The van der Waals surface area contributed by atoms with Crippen LogP contribution >= 0.6 is 15.9 Å². The van der Waals surface area contributed by atoms with Crippen molar-refractivity contribution in [2.45, 2.75) is 0 Å². The van der Waals surface area contributed by atoms with Gasteiger partial charge in [-0.3, -0.25) is 10.1 Å². The van der Waals surface area contributed by atoms with Crippen molar-refractivity contribution >= 4 is 27.6 Å². The summed E-state index contributed by atoms with van der Waals surface area (Å²) in [6, 6.07) is 1.62. The molecule has 1 aromatic rings. The van der Waals surface area contributed by atoms with Crippen LogP contribution < -0.4 is 0 Å². The van der Waals surface area contributed by atoms with Gasteiger partial charge < -0.3 is 4.74 Å². The monoisotopic (exact) mass is 277 g/mol. The van der Waals surface area contributed by atoms with Crippen molar-refractivity contribution in [1.29, 1.82) is 0 Å². The third-order valence-corrected chi connectivity index (χ3v) is 2.25. The molecule has 0 radical (unpaired) electrons. The van der Waals surface area contributed by atoms with Crippen LogP contribution in [0.2, 0.25) is 0 Å². The van der Waals surface area contributed by atoms with Crippen LogP contribution in [0.5, 0.6) is 0 Å².